The summed E-state index contributed by atoms with van der Waals surface area (Å²) in [7, 11) is 0. The van der Waals surface area contributed by atoms with Gasteiger partial charge in [0, 0.05) is 6.54 Å². The highest BCUT2D eigenvalue weighted by molar-refractivity contribution is 5.71. The van der Waals surface area contributed by atoms with Gasteiger partial charge in [-0.05, 0) is 5.41 Å². The number of hydrogen-bond acceptors (Lipinski definition) is 2. The van der Waals surface area contributed by atoms with E-state index in [2.05, 4.69) is 0 Å². The van der Waals surface area contributed by atoms with E-state index in [9.17, 15) is 4.79 Å². The van der Waals surface area contributed by atoms with Crippen LogP contribution in [-0.2, 0) is 4.79 Å². The van der Waals surface area contributed by atoms with Crippen molar-refractivity contribution in [2.75, 3.05) is 6.54 Å². The van der Waals surface area contributed by atoms with Gasteiger partial charge in [-0.15, -0.1) is 0 Å². The Morgan fingerprint density at radius 1 is 1.60 bits per heavy atom. The van der Waals surface area contributed by atoms with E-state index in [1.807, 2.05) is 20.8 Å². The van der Waals surface area contributed by atoms with Crippen LogP contribution in [0.4, 0.5) is 0 Å². The summed E-state index contributed by atoms with van der Waals surface area (Å²) < 4.78 is 0. The maximum atomic E-state index is 10.5. The Labute approximate surface area is 61.2 Å². The maximum Gasteiger partial charge on any atom is 0.308 e. The third-order valence-electron chi connectivity index (χ3n) is 1.58. The Bertz CT molecular complexity index is 126. The van der Waals surface area contributed by atoms with Gasteiger partial charge in [-0.25, -0.2) is 0 Å². The van der Waals surface area contributed by atoms with Crippen molar-refractivity contribution >= 4 is 5.97 Å². The van der Waals surface area contributed by atoms with Crippen LogP contribution in [0.15, 0.2) is 0 Å². The largest absolute Gasteiger partial charge is 0.481 e. The molecule has 0 aliphatic heterocycles. The number of carboxylic acid groups (broad SMARTS) is 1. The number of rotatable bonds is 2. The van der Waals surface area contributed by atoms with Crippen molar-refractivity contribution in [2.45, 2.75) is 20.8 Å². The van der Waals surface area contributed by atoms with Gasteiger partial charge >= 0.3 is 5.97 Å². The maximum absolute atomic E-state index is 10.5. The molecule has 0 saturated carbocycles. The first-order chi connectivity index (χ1) is 4.39. The zero-order valence-corrected chi connectivity index (χ0v) is 6.72. The normalized spacial score (nSPS) is 14.8. The molecule has 0 bridgehead atoms. The highest BCUT2D eigenvalue weighted by Crippen LogP contribution is 2.24. The smallest absolute Gasteiger partial charge is 0.308 e. The van der Waals surface area contributed by atoms with Gasteiger partial charge in [0.15, 0.2) is 0 Å². The fraction of sp³-hybridized carbons (Fsp3) is 0.857. The number of aliphatic carboxylic acids is 1. The second-order valence-corrected chi connectivity index (χ2v) is 3.49. The van der Waals surface area contributed by atoms with Crippen LogP contribution in [0.2, 0.25) is 0 Å². The number of hydrogen-bond donors (Lipinski definition) is 2. The summed E-state index contributed by atoms with van der Waals surface area (Å²) in [6.45, 7) is 5.83. The molecular formula is C7H15NO2. The molecule has 0 fully saturated rings. The molecule has 1 atom stereocenters. The molecule has 3 nitrogen and oxygen atoms in total. The van der Waals surface area contributed by atoms with Gasteiger partial charge in [0.25, 0.3) is 0 Å². The highest BCUT2D eigenvalue weighted by Gasteiger charge is 2.29. The number of carbonyl (C=O) groups is 1. The molecular weight excluding hydrogens is 130 g/mol. The minimum Gasteiger partial charge on any atom is -0.481 e. The summed E-state index contributed by atoms with van der Waals surface area (Å²) in [6, 6.07) is 0. The minimum atomic E-state index is -0.810. The molecule has 0 aliphatic carbocycles. The lowest BCUT2D eigenvalue weighted by molar-refractivity contribution is -0.144. The van der Waals surface area contributed by atoms with Gasteiger partial charge in [0.2, 0.25) is 0 Å². The van der Waals surface area contributed by atoms with E-state index in [-0.39, 0.29) is 12.0 Å². The van der Waals surface area contributed by atoms with Gasteiger partial charge in [0.05, 0.1) is 5.92 Å². The van der Waals surface area contributed by atoms with Crippen LogP contribution in [0.1, 0.15) is 20.8 Å². The monoisotopic (exact) mass is 145 g/mol. The fourth-order valence-corrected chi connectivity index (χ4v) is 0.825. The number of nitrogens with two attached hydrogens (primary N) is 1. The molecule has 0 aromatic carbocycles. The first-order valence-corrected chi connectivity index (χ1v) is 3.32. The molecule has 60 valence electrons. The second kappa shape index (κ2) is 3.01. The zero-order chi connectivity index (χ0) is 8.36. The van der Waals surface area contributed by atoms with Gasteiger partial charge in [-0.3, -0.25) is 4.79 Å². The quantitative estimate of drug-likeness (QED) is 0.601. The average Bonchev–Trinajstić information content (AvgIpc) is 1.60. The molecule has 3 N–H and O–H groups in total. The molecule has 0 aromatic heterocycles. The Morgan fingerprint density at radius 2 is 2.00 bits per heavy atom. The van der Waals surface area contributed by atoms with Crippen molar-refractivity contribution in [3.8, 4) is 0 Å². The fourth-order valence-electron chi connectivity index (χ4n) is 0.825. The van der Waals surface area contributed by atoms with Gasteiger partial charge in [0.1, 0.15) is 0 Å². The van der Waals surface area contributed by atoms with Crippen LogP contribution in [0.3, 0.4) is 0 Å². The van der Waals surface area contributed by atoms with E-state index < -0.39 is 11.9 Å². The minimum absolute atomic E-state index is 0.207. The first-order valence-electron chi connectivity index (χ1n) is 3.32. The first kappa shape index (κ1) is 9.43. The molecule has 0 saturated heterocycles. The lowest BCUT2D eigenvalue weighted by atomic mass is 9.81. The Morgan fingerprint density at radius 3 is 2.00 bits per heavy atom. The van der Waals surface area contributed by atoms with Crippen molar-refractivity contribution < 1.29 is 9.90 Å². The van der Waals surface area contributed by atoms with Crippen LogP contribution < -0.4 is 5.73 Å². The van der Waals surface area contributed by atoms with Crippen molar-refractivity contribution in [1.82, 2.24) is 0 Å². The van der Waals surface area contributed by atoms with Crippen LogP contribution in [0.25, 0.3) is 0 Å². The Kier molecular flexibility index (Phi) is 2.84. The summed E-state index contributed by atoms with van der Waals surface area (Å²) in [6.07, 6.45) is 0. The molecule has 1 unspecified atom stereocenters. The van der Waals surface area contributed by atoms with Gasteiger partial charge in [-0.1, -0.05) is 20.8 Å². The Balaban J connectivity index is 4.22. The van der Waals surface area contributed by atoms with Gasteiger partial charge in [-0.2, -0.15) is 0 Å². The third kappa shape index (κ3) is 2.35. The molecule has 0 aliphatic rings. The number of carboxylic acids is 1. The molecule has 0 amide bonds. The predicted octanol–water partition coefficient (Wildman–Crippen LogP) is 0.692. The topological polar surface area (TPSA) is 63.3 Å². The third-order valence-corrected chi connectivity index (χ3v) is 1.58. The molecule has 0 heterocycles. The molecule has 0 rings (SSSR count). The van der Waals surface area contributed by atoms with Crippen LogP contribution in [0, 0.1) is 11.3 Å². The standard InChI is InChI=1S/C7H15NO2/c1-7(2,3)5(4-8)6(9)10/h5H,4,8H2,1-3H3,(H,9,10). The van der Waals surface area contributed by atoms with Crippen molar-refractivity contribution in [2.24, 2.45) is 17.1 Å². The van der Waals surface area contributed by atoms with Crippen molar-refractivity contribution in [3.63, 3.8) is 0 Å². The van der Waals surface area contributed by atoms with Gasteiger partial charge < -0.3 is 10.8 Å². The SMILES string of the molecule is CC(C)(C)C(CN)C(=O)O. The second-order valence-electron chi connectivity index (χ2n) is 3.49. The van der Waals surface area contributed by atoms with E-state index in [1.54, 1.807) is 0 Å². The summed E-state index contributed by atoms with van der Waals surface area (Å²) in [5.74, 6) is -1.25. The molecule has 3 heteroatoms. The molecule has 10 heavy (non-hydrogen) atoms. The zero-order valence-electron chi connectivity index (χ0n) is 6.72. The molecule has 0 spiro atoms. The summed E-state index contributed by atoms with van der Waals surface area (Å²) in [4.78, 5) is 10.5. The van der Waals surface area contributed by atoms with E-state index in [0.717, 1.165) is 0 Å². The van der Waals surface area contributed by atoms with E-state index in [4.69, 9.17) is 10.8 Å². The molecule has 0 aromatic rings. The van der Waals surface area contributed by atoms with Crippen LogP contribution in [0.5, 0.6) is 0 Å². The highest BCUT2D eigenvalue weighted by atomic mass is 16.4. The summed E-state index contributed by atoms with van der Waals surface area (Å²) >= 11 is 0. The summed E-state index contributed by atoms with van der Waals surface area (Å²) in [5.41, 5.74) is 5.04. The lowest BCUT2D eigenvalue weighted by Crippen LogP contribution is -2.34. The van der Waals surface area contributed by atoms with Crippen molar-refractivity contribution in [3.05, 3.63) is 0 Å². The summed E-state index contributed by atoms with van der Waals surface area (Å²) in [5, 5.41) is 8.63. The predicted molar refractivity (Wildman–Crippen MR) is 39.6 cm³/mol. The van der Waals surface area contributed by atoms with Crippen molar-refractivity contribution in [1.29, 1.82) is 0 Å². The average molecular weight is 145 g/mol. The van der Waals surface area contributed by atoms with Crippen LogP contribution in [-0.4, -0.2) is 17.6 Å². The van der Waals surface area contributed by atoms with Crippen LogP contribution >= 0.6 is 0 Å². The van der Waals surface area contributed by atoms with E-state index >= 15 is 0 Å². The van der Waals surface area contributed by atoms with E-state index in [0.29, 0.717) is 0 Å². The Hall–Kier alpha value is -0.570. The lowest BCUT2D eigenvalue weighted by Gasteiger charge is -2.25. The van der Waals surface area contributed by atoms with E-state index in [1.165, 1.54) is 0 Å². The molecule has 0 radical (unpaired) electrons.